The van der Waals surface area contributed by atoms with Crippen molar-refractivity contribution < 1.29 is 9.15 Å². The third kappa shape index (κ3) is 2.30. The monoisotopic (exact) mass is 219 g/mol. The molecule has 1 aromatic heterocycles. The summed E-state index contributed by atoms with van der Waals surface area (Å²) in [5.74, 6) is 1.12. The molecule has 0 aliphatic heterocycles. The fraction of sp³-hybridized carbons (Fsp3) is 0. The summed E-state index contributed by atoms with van der Waals surface area (Å²) in [6.45, 7) is 0. The zero-order valence-electron chi connectivity index (χ0n) is 7.61. The Hall–Kier alpha value is -1.92. The van der Waals surface area contributed by atoms with E-state index in [-0.39, 0.29) is 11.7 Å². The number of ether oxygens (including phenoxy) is 1. The molecule has 0 saturated heterocycles. The van der Waals surface area contributed by atoms with E-state index in [9.17, 15) is 0 Å². The van der Waals surface area contributed by atoms with E-state index in [1.807, 2.05) is 6.07 Å². The second-order valence-electron chi connectivity index (χ2n) is 2.79. The zero-order chi connectivity index (χ0) is 10.7. The van der Waals surface area contributed by atoms with Gasteiger partial charge >= 0.3 is 0 Å². The lowest BCUT2D eigenvalue weighted by atomic mass is 10.3. The van der Waals surface area contributed by atoms with E-state index in [4.69, 9.17) is 26.0 Å². The van der Waals surface area contributed by atoms with Crippen LogP contribution in [-0.4, -0.2) is 0 Å². The highest BCUT2D eigenvalue weighted by atomic mass is 35.5. The van der Waals surface area contributed by atoms with Crippen LogP contribution in [-0.2, 0) is 0 Å². The fourth-order valence-electron chi connectivity index (χ4n) is 1.05. The minimum atomic E-state index is 0.221. The Balaban J connectivity index is 2.15. The van der Waals surface area contributed by atoms with Crippen LogP contribution in [0.2, 0.25) is 5.02 Å². The molecule has 1 heterocycles. The van der Waals surface area contributed by atoms with Gasteiger partial charge < -0.3 is 9.15 Å². The predicted molar refractivity (Wildman–Crippen MR) is 54.9 cm³/mol. The van der Waals surface area contributed by atoms with E-state index >= 15 is 0 Å². The number of nitrogens with zero attached hydrogens (tertiary/aromatic N) is 1. The molecule has 0 atom stereocenters. The second-order valence-corrected chi connectivity index (χ2v) is 3.22. The van der Waals surface area contributed by atoms with Crippen molar-refractivity contribution in [3.05, 3.63) is 47.2 Å². The number of furan rings is 1. The highest BCUT2D eigenvalue weighted by molar-refractivity contribution is 6.30. The van der Waals surface area contributed by atoms with Crippen LogP contribution in [0.1, 0.15) is 5.76 Å². The molecule has 0 fully saturated rings. The molecule has 15 heavy (non-hydrogen) atoms. The van der Waals surface area contributed by atoms with Crippen LogP contribution < -0.4 is 4.74 Å². The number of hydrogen-bond donors (Lipinski definition) is 0. The number of nitriles is 1. The first-order chi connectivity index (χ1) is 7.28. The maximum atomic E-state index is 8.54. The summed E-state index contributed by atoms with van der Waals surface area (Å²) in [6.07, 6.45) is 0. The molecule has 0 spiro atoms. The van der Waals surface area contributed by atoms with Gasteiger partial charge in [-0.15, -0.1) is 0 Å². The molecule has 0 aliphatic rings. The normalized spacial score (nSPS) is 9.60. The van der Waals surface area contributed by atoms with Crippen molar-refractivity contribution in [3.8, 4) is 17.8 Å². The highest BCUT2D eigenvalue weighted by Crippen LogP contribution is 2.24. The van der Waals surface area contributed by atoms with Crippen molar-refractivity contribution in [2.24, 2.45) is 0 Å². The summed E-state index contributed by atoms with van der Waals surface area (Å²) in [7, 11) is 0. The van der Waals surface area contributed by atoms with Gasteiger partial charge in [-0.05, 0) is 30.3 Å². The smallest absolute Gasteiger partial charge is 0.291 e. The molecular weight excluding hydrogens is 214 g/mol. The Labute approximate surface area is 91.5 Å². The van der Waals surface area contributed by atoms with Gasteiger partial charge in [0.2, 0.25) is 5.76 Å². The molecule has 4 heteroatoms. The van der Waals surface area contributed by atoms with Crippen molar-refractivity contribution in [2.45, 2.75) is 0 Å². The second kappa shape index (κ2) is 4.07. The minimum absolute atomic E-state index is 0.221. The lowest BCUT2D eigenvalue weighted by Crippen LogP contribution is -1.80. The van der Waals surface area contributed by atoms with Crippen molar-refractivity contribution >= 4 is 11.6 Å². The molecule has 2 rings (SSSR count). The molecule has 2 aromatic rings. The SMILES string of the molecule is N#Cc1ccc(Oc2ccc(Cl)cc2)o1. The third-order valence-corrected chi connectivity index (χ3v) is 1.98. The summed E-state index contributed by atoms with van der Waals surface area (Å²) in [6, 6.07) is 11.9. The van der Waals surface area contributed by atoms with Crippen molar-refractivity contribution in [1.82, 2.24) is 0 Å². The summed E-state index contributed by atoms with van der Waals surface area (Å²) >= 11 is 5.72. The van der Waals surface area contributed by atoms with E-state index in [0.717, 1.165) is 0 Å². The van der Waals surface area contributed by atoms with Crippen LogP contribution in [0.4, 0.5) is 0 Å². The molecule has 0 bridgehead atoms. The van der Waals surface area contributed by atoms with Crippen LogP contribution >= 0.6 is 11.6 Å². The van der Waals surface area contributed by atoms with Gasteiger partial charge in [-0.3, -0.25) is 0 Å². The number of benzene rings is 1. The van der Waals surface area contributed by atoms with E-state index in [1.54, 1.807) is 36.4 Å². The average Bonchev–Trinajstić information content (AvgIpc) is 2.69. The zero-order valence-corrected chi connectivity index (χ0v) is 8.36. The lowest BCUT2D eigenvalue weighted by molar-refractivity contribution is 0.343. The molecule has 0 N–H and O–H groups in total. The Morgan fingerprint density at radius 2 is 1.87 bits per heavy atom. The first-order valence-electron chi connectivity index (χ1n) is 4.21. The van der Waals surface area contributed by atoms with Crippen LogP contribution in [0.5, 0.6) is 11.7 Å². The van der Waals surface area contributed by atoms with Gasteiger partial charge in [0.25, 0.3) is 5.95 Å². The van der Waals surface area contributed by atoms with Crippen LogP contribution in [0.3, 0.4) is 0 Å². The van der Waals surface area contributed by atoms with Crippen molar-refractivity contribution in [2.75, 3.05) is 0 Å². The Bertz CT molecular complexity index is 496. The number of hydrogen-bond acceptors (Lipinski definition) is 3. The summed E-state index contributed by atoms with van der Waals surface area (Å²) < 4.78 is 10.4. The van der Waals surface area contributed by atoms with E-state index in [1.165, 1.54) is 0 Å². The Morgan fingerprint density at radius 1 is 1.13 bits per heavy atom. The van der Waals surface area contributed by atoms with Crippen LogP contribution in [0, 0.1) is 11.3 Å². The van der Waals surface area contributed by atoms with Crippen LogP contribution in [0.15, 0.2) is 40.8 Å². The molecule has 0 unspecified atom stereocenters. The average molecular weight is 220 g/mol. The molecule has 0 radical (unpaired) electrons. The molecule has 1 aromatic carbocycles. The first-order valence-corrected chi connectivity index (χ1v) is 4.59. The van der Waals surface area contributed by atoms with E-state index in [2.05, 4.69) is 0 Å². The van der Waals surface area contributed by atoms with Gasteiger partial charge in [-0.25, -0.2) is 0 Å². The molecule has 74 valence electrons. The summed E-state index contributed by atoms with van der Waals surface area (Å²) in [5.41, 5.74) is 0. The standard InChI is InChI=1S/C11H6ClNO2/c12-8-1-3-9(4-2-8)14-11-6-5-10(7-13)15-11/h1-6H. The van der Waals surface area contributed by atoms with Gasteiger partial charge in [-0.1, -0.05) is 11.6 Å². The molecule has 0 aliphatic carbocycles. The third-order valence-electron chi connectivity index (χ3n) is 1.72. The Morgan fingerprint density at radius 3 is 2.47 bits per heavy atom. The van der Waals surface area contributed by atoms with Crippen molar-refractivity contribution in [1.29, 1.82) is 5.26 Å². The van der Waals surface area contributed by atoms with Gasteiger partial charge in [0.15, 0.2) is 0 Å². The maximum Gasteiger partial charge on any atom is 0.291 e. The van der Waals surface area contributed by atoms with Crippen molar-refractivity contribution in [3.63, 3.8) is 0 Å². The summed E-state index contributed by atoms with van der Waals surface area (Å²) in [4.78, 5) is 0. The summed E-state index contributed by atoms with van der Waals surface area (Å²) in [5, 5.41) is 9.18. The molecule has 3 nitrogen and oxygen atoms in total. The molecule has 0 saturated carbocycles. The van der Waals surface area contributed by atoms with E-state index in [0.29, 0.717) is 10.8 Å². The van der Waals surface area contributed by atoms with Gasteiger partial charge in [0.05, 0.1) is 0 Å². The van der Waals surface area contributed by atoms with E-state index < -0.39 is 0 Å². The van der Waals surface area contributed by atoms with Gasteiger partial charge in [0, 0.05) is 11.1 Å². The number of rotatable bonds is 2. The van der Waals surface area contributed by atoms with Gasteiger partial charge in [0.1, 0.15) is 11.8 Å². The maximum absolute atomic E-state index is 8.54. The number of halogens is 1. The quantitative estimate of drug-likeness (QED) is 0.775. The lowest BCUT2D eigenvalue weighted by Gasteiger charge is -2.00. The fourth-order valence-corrected chi connectivity index (χ4v) is 1.18. The predicted octanol–water partition coefficient (Wildman–Crippen LogP) is 3.60. The Kier molecular flexibility index (Phi) is 2.61. The largest absolute Gasteiger partial charge is 0.426 e. The first kappa shape index (κ1) is 9.63. The van der Waals surface area contributed by atoms with Crippen LogP contribution in [0.25, 0.3) is 0 Å². The van der Waals surface area contributed by atoms with Gasteiger partial charge in [-0.2, -0.15) is 5.26 Å². The molecule has 0 amide bonds. The molecular formula is C11H6ClNO2. The minimum Gasteiger partial charge on any atom is -0.426 e. The topological polar surface area (TPSA) is 46.2 Å². The highest BCUT2D eigenvalue weighted by Gasteiger charge is 2.02.